The largest absolute Gasteiger partial charge is 0.501 e. The van der Waals surface area contributed by atoms with Crippen LogP contribution in [0.4, 0.5) is 5.82 Å². The SMILES string of the molecule is C=C(C)/C=C(\OC)C(C)(C)C.C=C(C)/C=C\C(=C/C)c1ccc(NC2CC2)nc1.CC(C)=O. The quantitative estimate of drug-likeness (QED) is 0.337. The molecule has 2 rings (SSSR count). The summed E-state index contributed by atoms with van der Waals surface area (Å²) < 4.78 is 5.23. The number of nitrogens with one attached hydrogen (secondary N) is 1. The molecular weight excluding hydrogens is 408 g/mol. The number of aromatic nitrogens is 1. The number of rotatable bonds is 7. The molecule has 0 radical (unpaired) electrons. The highest BCUT2D eigenvalue weighted by Gasteiger charge is 2.21. The number of anilines is 1. The van der Waals surface area contributed by atoms with E-state index < -0.39 is 0 Å². The van der Waals surface area contributed by atoms with Crippen molar-refractivity contribution in [1.29, 1.82) is 0 Å². The van der Waals surface area contributed by atoms with E-state index >= 15 is 0 Å². The van der Waals surface area contributed by atoms with E-state index in [1.54, 1.807) is 7.11 Å². The Balaban J connectivity index is 0.000000584. The molecule has 1 fully saturated rings. The minimum atomic E-state index is 0.0771. The van der Waals surface area contributed by atoms with E-state index in [1.165, 1.54) is 32.3 Å². The summed E-state index contributed by atoms with van der Waals surface area (Å²) in [6.45, 7) is 23.1. The average Bonchev–Trinajstić information content (AvgIpc) is 3.50. The Morgan fingerprint density at radius 2 is 1.67 bits per heavy atom. The van der Waals surface area contributed by atoms with E-state index in [4.69, 9.17) is 4.74 Å². The number of pyridine rings is 1. The highest BCUT2D eigenvalue weighted by atomic mass is 16.5. The van der Waals surface area contributed by atoms with Crippen molar-refractivity contribution in [3.8, 4) is 0 Å². The van der Waals surface area contributed by atoms with Crippen molar-refractivity contribution in [1.82, 2.24) is 4.98 Å². The second-order valence-corrected chi connectivity index (χ2v) is 9.49. The average molecular weight is 453 g/mol. The van der Waals surface area contributed by atoms with Crippen molar-refractivity contribution in [3.05, 3.63) is 78.3 Å². The van der Waals surface area contributed by atoms with E-state index in [-0.39, 0.29) is 11.2 Å². The zero-order valence-corrected chi connectivity index (χ0v) is 22.2. The molecule has 0 bridgehead atoms. The lowest BCUT2D eigenvalue weighted by Crippen LogP contribution is -2.10. The fourth-order valence-electron chi connectivity index (χ4n) is 2.48. The van der Waals surface area contributed by atoms with Gasteiger partial charge in [0.15, 0.2) is 0 Å². The number of hydrogen-bond donors (Lipinski definition) is 1. The molecule has 4 nitrogen and oxygen atoms in total. The lowest BCUT2D eigenvalue weighted by Gasteiger charge is -2.21. The van der Waals surface area contributed by atoms with Gasteiger partial charge in [0.05, 0.1) is 7.11 Å². The van der Waals surface area contributed by atoms with Gasteiger partial charge in [0.2, 0.25) is 0 Å². The second-order valence-electron chi connectivity index (χ2n) is 9.49. The van der Waals surface area contributed by atoms with E-state index in [9.17, 15) is 4.79 Å². The van der Waals surface area contributed by atoms with Gasteiger partial charge in [-0.15, -0.1) is 0 Å². The van der Waals surface area contributed by atoms with E-state index in [0.717, 1.165) is 28.3 Å². The number of ether oxygens (including phenoxy) is 1. The summed E-state index contributed by atoms with van der Waals surface area (Å²) in [7, 11) is 1.69. The monoisotopic (exact) mass is 452 g/mol. The summed E-state index contributed by atoms with van der Waals surface area (Å²) >= 11 is 0. The molecule has 4 heteroatoms. The van der Waals surface area contributed by atoms with Crippen LogP contribution in [0, 0.1) is 5.41 Å². The number of nitrogens with zero attached hydrogens (tertiary/aromatic N) is 1. The molecule has 1 aliphatic rings. The van der Waals surface area contributed by atoms with Gasteiger partial charge in [-0.2, -0.15) is 0 Å². The molecule has 33 heavy (non-hydrogen) atoms. The maximum Gasteiger partial charge on any atom is 0.126 e. The van der Waals surface area contributed by atoms with Crippen molar-refractivity contribution in [2.24, 2.45) is 5.41 Å². The Morgan fingerprint density at radius 3 is 1.97 bits per heavy atom. The van der Waals surface area contributed by atoms with Crippen molar-refractivity contribution in [3.63, 3.8) is 0 Å². The molecule has 1 N–H and O–H groups in total. The number of Topliss-reactive ketones (excluding diaryl/α,β-unsaturated/α-hetero) is 1. The Labute approximate surface area is 202 Å². The molecule has 0 saturated heterocycles. The molecule has 0 atom stereocenters. The molecule has 0 amide bonds. The summed E-state index contributed by atoms with van der Waals surface area (Å²) in [6, 6.07) is 4.80. The predicted octanol–water partition coefficient (Wildman–Crippen LogP) is 7.93. The molecule has 182 valence electrons. The summed E-state index contributed by atoms with van der Waals surface area (Å²) in [5, 5.41) is 3.39. The maximum atomic E-state index is 9.44. The second kappa shape index (κ2) is 15.0. The van der Waals surface area contributed by atoms with Crippen molar-refractivity contribution >= 4 is 17.2 Å². The fourth-order valence-corrected chi connectivity index (χ4v) is 2.48. The highest BCUT2D eigenvalue weighted by molar-refractivity contribution is 5.74. The van der Waals surface area contributed by atoms with Gasteiger partial charge >= 0.3 is 0 Å². The number of allylic oxidation sites excluding steroid dienone is 8. The molecule has 1 aromatic rings. The topological polar surface area (TPSA) is 51.2 Å². The van der Waals surface area contributed by atoms with Crippen molar-refractivity contribution in [2.75, 3.05) is 12.4 Å². The molecule has 0 spiro atoms. The molecule has 1 aromatic heterocycles. The Kier molecular flexibility index (Phi) is 13.7. The first kappa shape index (κ1) is 30.1. The van der Waals surface area contributed by atoms with Gasteiger partial charge in [-0.3, -0.25) is 0 Å². The smallest absolute Gasteiger partial charge is 0.126 e. The van der Waals surface area contributed by atoms with Crippen LogP contribution in [0.2, 0.25) is 0 Å². The van der Waals surface area contributed by atoms with Gasteiger partial charge < -0.3 is 14.8 Å². The summed E-state index contributed by atoms with van der Waals surface area (Å²) in [5.41, 5.74) is 4.46. The first-order valence-electron chi connectivity index (χ1n) is 11.4. The molecular formula is C29H44N2O2. The maximum absolute atomic E-state index is 9.44. The number of carbonyl (C=O) groups is 1. The highest BCUT2D eigenvalue weighted by Crippen LogP contribution is 2.26. The third kappa shape index (κ3) is 15.5. The number of ketones is 1. The normalized spacial score (nSPS) is 13.8. The number of hydrogen-bond acceptors (Lipinski definition) is 4. The van der Waals surface area contributed by atoms with Crippen LogP contribution in [0.3, 0.4) is 0 Å². The summed E-state index contributed by atoms with van der Waals surface area (Å²) in [4.78, 5) is 13.9. The van der Waals surface area contributed by atoms with Gasteiger partial charge in [0.1, 0.15) is 17.4 Å². The van der Waals surface area contributed by atoms with Crippen LogP contribution in [0.1, 0.15) is 73.8 Å². The van der Waals surface area contributed by atoms with Crippen LogP contribution < -0.4 is 5.32 Å². The minimum Gasteiger partial charge on any atom is -0.501 e. The summed E-state index contributed by atoms with van der Waals surface area (Å²) in [6.07, 6.45) is 12.6. The third-order valence-electron chi connectivity index (χ3n) is 4.22. The Hall–Kier alpha value is -2.88. The van der Waals surface area contributed by atoms with Gasteiger partial charge in [-0.25, -0.2) is 4.98 Å². The molecule has 0 aliphatic heterocycles. The Morgan fingerprint density at radius 1 is 1.09 bits per heavy atom. The lowest BCUT2D eigenvalue weighted by atomic mass is 9.93. The zero-order chi connectivity index (χ0) is 25.6. The third-order valence-corrected chi connectivity index (χ3v) is 4.22. The van der Waals surface area contributed by atoms with Crippen LogP contribution in [0.25, 0.3) is 5.57 Å². The van der Waals surface area contributed by atoms with Gasteiger partial charge in [0.25, 0.3) is 0 Å². The molecule has 0 aromatic carbocycles. The van der Waals surface area contributed by atoms with E-state index in [2.05, 4.69) is 62.4 Å². The molecule has 1 aliphatic carbocycles. The van der Waals surface area contributed by atoms with Gasteiger partial charge in [-0.1, -0.05) is 63.3 Å². The first-order valence-corrected chi connectivity index (χ1v) is 11.4. The summed E-state index contributed by atoms with van der Waals surface area (Å²) in [5.74, 6) is 2.12. The van der Waals surface area contributed by atoms with Crippen LogP contribution in [-0.4, -0.2) is 23.9 Å². The molecule has 0 unspecified atom stereocenters. The first-order chi connectivity index (χ1) is 15.3. The number of methoxy groups -OCH3 is 1. The van der Waals surface area contributed by atoms with Crippen molar-refractivity contribution < 1.29 is 9.53 Å². The minimum absolute atomic E-state index is 0.0771. The predicted molar refractivity (Wildman–Crippen MR) is 144 cm³/mol. The van der Waals surface area contributed by atoms with E-state index in [1.807, 2.05) is 45.2 Å². The zero-order valence-electron chi connectivity index (χ0n) is 22.2. The molecule has 1 heterocycles. The van der Waals surface area contributed by atoms with Crippen LogP contribution in [-0.2, 0) is 9.53 Å². The van der Waals surface area contributed by atoms with Gasteiger partial charge in [-0.05, 0) is 76.8 Å². The standard InChI is InChI=1S/C16H20N2.C10H18O.C3H6O/c1-4-13(6-5-12(2)3)14-7-10-16(17-11-14)18-15-8-9-15;1-8(2)7-9(11-6)10(3,4)5;1-3(2)4/h4-7,10-11,15H,2,8-9H2,1,3H3,(H,17,18);7H,1H2,2-6H3;1-2H3/b6-5-,13-4+;9-7-;. The van der Waals surface area contributed by atoms with Crippen LogP contribution >= 0.6 is 0 Å². The van der Waals surface area contributed by atoms with E-state index in [0.29, 0.717) is 6.04 Å². The van der Waals surface area contributed by atoms with Gasteiger partial charge in [0, 0.05) is 17.7 Å². The van der Waals surface area contributed by atoms with Crippen LogP contribution in [0.5, 0.6) is 0 Å². The molecule has 1 saturated carbocycles. The lowest BCUT2D eigenvalue weighted by molar-refractivity contribution is -0.114. The van der Waals surface area contributed by atoms with Crippen LogP contribution in [0.15, 0.2) is 72.7 Å². The Bertz CT molecular complexity index is 858. The fraction of sp³-hybridized carbons (Fsp3) is 0.448. The van der Waals surface area contributed by atoms with Crippen molar-refractivity contribution in [2.45, 2.75) is 74.3 Å². The number of carbonyl (C=O) groups excluding carboxylic acids is 1.